The lowest BCUT2D eigenvalue weighted by molar-refractivity contribution is -0.288. The van der Waals surface area contributed by atoms with Crippen molar-refractivity contribution in [2.24, 2.45) is 0 Å². The van der Waals surface area contributed by atoms with Gasteiger partial charge in [0.15, 0.2) is 12.2 Å². The molecule has 5 atom stereocenters. The minimum absolute atomic E-state index is 0.0471. The van der Waals surface area contributed by atoms with E-state index in [1.807, 2.05) is 0 Å². The van der Waals surface area contributed by atoms with E-state index in [1.165, 1.54) is 12.1 Å². The van der Waals surface area contributed by atoms with E-state index in [4.69, 9.17) is 45.5 Å². The molecule has 0 radical (unpaired) electrons. The standard InChI is InChI=1S/C20H22BrClO10/c1-9(23)27-8-16-17(28-10(2)24)18(29-11(3)25)19(30-12(4)26)20(32-16)31-15-6-5-13(21)7-14(15)22/h5-7,16-20H,8H2,1-4H3/t16-,17-,18+,19+,20?/m1/s1/i1D,2D,3D,4D. The van der Waals surface area contributed by atoms with Crippen LogP contribution in [-0.2, 0) is 42.9 Å². The van der Waals surface area contributed by atoms with E-state index in [-0.39, 0.29) is 10.8 Å². The van der Waals surface area contributed by atoms with Crippen molar-refractivity contribution in [1.29, 1.82) is 0 Å². The summed E-state index contributed by atoms with van der Waals surface area (Å²) in [6.45, 7) is -3.84. The molecule has 1 unspecified atom stereocenters. The molecular formula is C20H22BrClO10. The van der Waals surface area contributed by atoms with Crippen LogP contribution in [0.5, 0.6) is 5.75 Å². The average Bonchev–Trinajstić information content (AvgIpc) is 2.86. The summed E-state index contributed by atoms with van der Waals surface area (Å²) in [5.41, 5.74) is 0. The number of carbonyl (C=O) groups is 4. The fourth-order valence-corrected chi connectivity index (χ4v) is 3.55. The first kappa shape index (κ1) is 20.3. The van der Waals surface area contributed by atoms with Crippen molar-refractivity contribution in [2.75, 3.05) is 6.61 Å². The maximum absolute atomic E-state index is 12.1. The van der Waals surface area contributed by atoms with E-state index in [2.05, 4.69) is 15.9 Å². The molecule has 1 fully saturated rings. The molecule has 1 saturated heterocycles. The van der Waals surface area contributed by atoms with Gasteiger partial charge in [-0.3, -0.25) is 19.2 Å². The normalized spacial score (nSPS) is 26.4. The molecule has 1 aliphatic heterocycles. The Morgan fingerprint density at radius 2 is 1.56 bits per heavy atom. The van der Waals surface area contributed by atoms with Crippen molar-refractivity contribution in [1.82, 2.24) is 0 Å². The Morgan fingerprint density at radius 1 is 0.969 bits per heavy atom. The predicted molar refractivity (Wildman–Crippen MR) is 112 cm³/mol. The SMILES string of the molecule is [2H]CC(=O)OC[C@H]1OC(Oc2ccc(Br)cc2Cl)[C@@H](OC(=O)C[2H])[C@@H](OC(=O)C[2H])[C@@H]1OC(=O)C[2H]. The van der Waals surface area contributed by atoms with Gasteiger partial charge in [0.25, 0.3) is 0 Å². The summed E-state index contributed by atoms with van der Waals surface area (Å²) in [4.78, 5) is 47.7. The molecule has 1 aliphatic rings. The van der Waals surface area contributed by atoms with Crippen molar-refractivity contribution >= 4 is 51.4 Å². The molecule has 1 aromatic rings. The molecule has 0 spiro atoms. The monoisotopic (exact) mass is 540 g/mol. The van der Waals surface area contributed by atoms with Gasteiger partial charge in [-0.2, -0.15) is 0 Å². The minimum atomic E-state index is -1.65. The van der Waals surface area contributed by atoms with Gasteiger partial charge in [0.1, 0.15) is 18.5 Å². The van der Waals surface area contributed by atoms with Crippen LogP contribution in [0.15, 0.2) is 22.7 Å². The number of hydrogen-bond acceptors (Lipinski definition) is 10. The van der Waals surface area contributed by atoms with Crippen LogP contribution in [0, 0.1) is 0 Å². The Labute approximate surface area is 203 Å². The number of ether oxygens (including phenoxy) is 6. The smallest absolute Gasteiger partial charge is 0.303 e. The number of benzene rings is 1. The third-order valence-electron chi connectivity index (χ3n) is 3.94. The Bertz CT molecular complexity index is 955. The summed E-state index contributed by atoms with van der Waals surface area (Å²) >= 11 is 9.45. The lowest BCUT2D eigenvalue weighted by Gasteiger charge is -2.44. The molecular weight excluding hydrogens is 516 g/mol. The molecule has 176 valence electrons. The second-order valence-corrected chi connectivity index (χ2v) is 7.60. The van der Waals surface area contributed by atoms with Crippen molar-refractivity contribution in [2.45, 2.75) is 58.3 Å². The molecule has 0 saturated carbocycles. The van der Waals surface area contributed by atoms with Gasteiger partial charge in [0.2, 0.25) is 12.4 Å². The molecule has 0 amide bonds. The van der Waals surface area contributed by atoms with Gasteiger partial charge < -0.3 is 28.4 Å². The molecule has 2 rings (SSSR count). The molecule has 0 bridgehead atoms. The molecule has 0 N–H and O–H groups in total. The topological polar surface area (TPSA) is 124 Å². The van der Waals surface area contributed by atoms with Gasteiger partial charge in [-0.15, -0.1) is 0 Å². The van der Waals surface area contributed by atoms with Crippen molar-refractivity contribution in [3.05, 3.63) is 27.7 Å². The molecule has 12 heteroatoms. The summed E-state index contributed by atoms with van der Waals surface area (Å²) in [7, 11) is 0. The first-order valence-corrected chi connectivity index (χ1v) is 9.98. The maximum Gasteiger partial charge on any atom is 0.303 e. The fourth-order valence-electron chi connectivity index (χ4n) is 2.84. The Kier molecular flexibility index (Phi) is 7.27. The van der Waals surface area contributed by atoms with Crippen LogP contribution in [0.1, 0.15) is 33.1 Å². The van der Waals surface area contributed by atoms with Gasteiger partial charge in [-0.25, -0.2) is 0 Å². The van der Waals surface area contributed by atoms with Gasteiger partial charge in [0.05, 0.1) is 5.02 Å². The molecule has 32 heavy (non-hydrogen) atoms. The highest BCUT2D eigenvalue weighted by molar-refractivity contribution is 9.10. The quantitative estimate of drug-likeness (QED) is 0.376. The van der Waals surface area contributed by atoms with E-state index < -0.39 is 88.8 Å². The summed E-state index contributed by atoms with van der Waals surface area (Å²) in [5.74, 6) is -4.14. The number of rotatable bonds is 7. The maximum atomic E-state index is 12.1. The van der Waals surface area contributed by atoms with E-state index >= 15 is 0 Å². The van der Waals surface area contributed by atoms with Crippen LogP contribution in [0.25, 0.3) is 0 Å². The summed E-state index contributed by atoms with van der Waals surface area (Å²) in [6.07, 6.45) is -7.84. The molecule has 10 nitrogen and oxygen atoms in total. The van der Waals surface area contributed by atoms with E-state index in [0.29, 0.717) is 4.47 Å². The minimum Gasteiger partial charge on any atom is -0.463 e. The summed E-state index contributed by atoms with van der Waals surface area (Å²) in [6, 6.07) is 4.53. The molecule has 0 aliphatic carbocycles. The van der Waals surface area contributed by atoms with Gasteiger partial charge in [-0.05, 0) is 18.2 Å². The first-order valence-electron chi connectivity index (χ1n) is 11.6. The van der Waals surface area contributed by atoms with E-state index in [1.54, 1.807) is 6.07 Å². The van der Waals surface area contributed by atoms with Crippen LogP contribution in [0.3, 0.4) is 0 Å². The fraction of sp³-hybridized carbons (Fsp3) is 0.500. The number of hydrogen-bond donors (Lipinski definition) is 0. The number of esters is 4. The predicted octanol–water partition coefficient (Wildman–Crippen LogP) is 2.56. The van der Waals surface area contributed by atoms with Crippen molar-refractivity contribution < 1.29 is 53.1 Å². The second-order valence-electron chi connectivity index (χ2n) is 6.28. The van der Waals surface area contributed by atoms with Gasteiger partial charge >= 0.3 is 23.9 Å². The Hall–Kier alpha value is -2.37. The highest BCUT2D eigenvalue weighted by atomic mass is 79.9. The Balaban J connectivity index is 2.53. The third kappa shape index (κ3) is 7.35. The first-order chi connectivity index (χ1) is 17.1. The summed E-state index contributed by atoms with van der Waals surface area (Å²) < 4.78 is 61.7. The lowest BCUT2D eigenvalue weighted by Crippen LogP contribution is -2.63. The zero-order chi connectivity index (χ0) is 26.8. The van der Waals surface area contributed by atoms with Crippen LogP contribution in [-0.4, -0.2) is 61.2 Å². The number of carbonyl (C=O) groups excluding carboxylic acids is 4. The van der Waals surface area contributed by atoms with Crippen LogP contribution < -0.4 is 4.74 Å². The van der Waals surface area contributed by atoms with Gasteiger partial charge in [0, 0.05) is 37.6 Å². The largest absolute Gasteiger partial charge is 0.463 e. The van der Waals surface area contributed by atoms with Crippen molar-refractivity contribution in [3.8, 4) is 5.75 Å². The van der Waals surface area contributed by atoms with Crippen molar-refractivity contribution in [3.63, 3.8) is 0 Å². The van der Waals surface area contributed by atoms with E-state index in [9.17, 15) is 19.2 Å². The van der Waals surface area contributed by atoms with E-state index in [0.717, 1.165) is 0 Å². The molecule has 1 heterocycles. The Morgan fingerprint density at radius 3 is 2.16 bits per heavy atom. The van der Waals surface area contributed by atoms with Crippen LogP contribution >= 0.6 is 27.5 Å². The number of halogens is 2. The zero-order valence-corrected chi connectivity index (χ0v) is 18.8. The highest BCUT2D eigenvalue weighted by Crippen LogP contribution is 2.34. The average molecular weight is 542 g/mol. The van der Waals surface area contributed by atoms with Gasteiger partial charge in [-0.1, -0.05) is 27.5 Å². The molecule has 0 aromatic heterocycles. The highest BCUT2D eigenvalue weighted by Gasteiger charge is 2.53. The third-order valence-corrected chi connectivity index (χ3v) is 4.73. The lowest BCUT2D eigenvalue weighted by atomic mass is 9.98. The zero-order valence-electron chi connectivity index (χ0n) is 20.5. The molecule has 1 aromatic carbocycles. The summed E-state index contributed by atoms with van der Waals surface area (Å²) in [5, 5.41) is 0.109. The van der Waals surface area contributed by atoms with Crippen LogP contribution in [0.4, 0.5) is 0 Å². The van der Waals surface area contributed by atoms with Crippen LogP contribution in [0.2, 0.25) is 5.02 Å². The second kappa shape index (κ2) is 11.5.